The van der Waals surface area contributed by atoms with Gasteiger partial charge in [0.05, 0.1) is 0 Å². The molecule has 0 spiro atoms. The predicted octanol–water partition coefficient (Wildman–Crippen LogP) is 1.71. The average Bonchev–Trinajstić information content (AvgIpc) is 2.23. The standard InChI is InChI=1S/C13H23N3O2/c1-6-8-16-12(14)11(17)7-9-15-10(2)18-13(3,4)5/h6,8,15H,2,7,9H2,1,3-5H3,(H2,14,16)/b8-6-. The van der Waals surface area contributed by atoms with Crippen molar-refractivity contribution in [2.75, 3.05) is 6.54 Å². The van der Waals surface area contributed by atoms with E-state index >= 15 is 0 Å². The van der Waals surface area contributed by atoms with Crippen LogP contribution < -0.4 is 11.1 Å². The molecular weight excluding hydrogens is 230 g/mol. The minimum atomic E-state index is -0.305. The summed E-state index contributed by atoms with van der Waals surface area (Å²) >= 11 is 0. The molecule has 0 aliphatic heterocycles. The Bertz CT molecular complexity index is 352. The number of hydrogen-bond donors (Lipinski definition) is 2. The van der Waals surface area contributed by atoms with Gasteiger partial charge in [0.15, 0.2) is 17.5 Å². The Morgan fingerprint density at radius 3 is 2.61 bits per heavy atom. The summed E-state index contributed by atoms with van der Waals surface area (Å²) in [5, 5.41) is 2.91. The summed E-state index contributed by atoms with van der Waals surface area (Å²) in [6, 6.07) is 0. The molecule has 5 nitrogen and oxygen atoms in total. The maximum absolute atomic E-state index is 11.5. The Kier molecular flexibility index (Phi) is 6.78. The Morgan fingerprint density at radius 2 is 2.11 bits per heavy atom. The highest BCUT2D eigenvalue weighted by Crippen LogP contribution is 2.09. The molecule has 0 aromatic carbocycles. The predicted molar refractivity (Wildman–Crippen MR) is 74.0 cm³/mol. The zero-order valence-electron chi connectivity index (χ0n) is 11.6. The number of carbonyl (C=O) groups excluding carboxylic acids is 1. The number of nitrogens with zero attached hydrogens (tertiary/aromatic N) is 1. The van der Waals surface area contributed by atoms with Gasteiger partial charge in [-0.3, -0.25) is 4.79 Å². The Balaban J connectivity index is 3.99. The minimum Gasteiger partial charge on any atom is -0.474 e. The van der Waals surface area contributed by atoms with Crippen LogP contribution in [0.2, 0.25) is 0 Å². The SMILES string of the molecule is C=C(NCCC(=O)C(N)=N/C=C\C)OC(C)(C)C. The van der Waals surface area contributed by atoms with Crippen molar-refractivity contribution in [1.82, 2.24) is 5.32 Å². The fourth-order valence-corrected chi connectivity index (χ4v) is 1.08. The molecular formula is C13H23N3O2. The quantitative estimate of drug-likeness (QED) is 0.411. The number of aliphatic imine (C=N–C) groups is 1. The van der Waals surface area contributed by atoms with Gasteiger partial charge in [-0.15, -0.1) is 0 Å². The number of carbonyl (C=O) groups is 1. The summed E-state index contributed by atoms with van der Waals surface area (Å²) < 4.78 is 5.46. The highest BCUT2D eigenvalue weighted by Gasteiger charge is 2.12. The van der Waals surface area contributed by atoms with Crippen LogP contribution in [0.5, 0.6) is 0 Å². The van der Waals surface area contributed by atoms with E-state index in [1.807, 2.05) is 20.8 Å². The molecule has 0 aliphatic rings. The topological polar surface area (TPSA) is 76.7 Å². The van der Waals surface area contributed by atoms with Crippen LogP contribution in [0.1, 0.15) is 34.1 Å². The van der Waals surface area contributed by atoms with E-state index in [9.17, 15) is 4.79 Å². The summed E-state index contributed by atoms with van der Waals surface area (Å²) in [4.78, 5) is 15.3. The summed E-state index contributed by atoms with van der Waals surface area (Å²) in [5.74, 6) is 0.251. The molecule has 102 valence electrons. The Hall–Kier alpha value is -1.78. The smallest absolute Gasteiger partial charge is 0.199 e. The molecule has 0 saturated heterocycles. The maximum Gasteiger partial charge on any atom is 0.199 e. The molecule has 0 aromatic heterocycles. The van der Waals surface area contributed by atoms with Gasteiger partial charge < -0.3 is 15.8 Å². The molecule has 0 amide bonds. The number of hydrogen-bond acceptors (Lipinski definition) is 4. The summed E-state index contributed by atoms with van der Waals surface area (Å²) in [6.07, 6.45) is 3.44. The van der Waals surface area contributed by atoms with Crippen molar-refractivity contribution in [2.24, 2.45) is 10.7 Å². The summed E-state index contributed by atoms with van der Waals surface area (Å²) in [5.41, 5.74) is 5.18. The molecule has 0 aromatic rings. The second kappa shape index (κ2) is 7.53. The molecule has 18 heavy (non-hydrogen) atoms. The third kappa shape index (κ3) is 8.38. The lowest BCUT2D eigenvalue weighted by molar-refractivity contribution is -0.113. The van der Waals surface area contributed by atoms with Crippen LogP contribution in [0.25, 0.3) is 0 Å². The first-order chi connectivity index (χ1) is 8.26. The molecule has 0 aliphatic carbocycles. The van der Waals surface area contributed by atoms with Gasteiger partial charge in [0.1, 0.15) is 5.60 Å². The summed E-state index contributed by atoms with van der Waals surface area (Å²) in [6.45, 7) is 11.7. The first kappa shape index (κ1) is 16.2. The van der Waals surface area contributed by atoms with Gasteiger partial charge in [-0.25, -0.2) is 4.99 Å². The van der Waals surface area contributed by atoms with E-state index in [0.29, 0.717) is 12.4 Å². The number of ether oxygens (including phenoxy) is 1. The number of ketones is 1. The third-order valence-electron chi connectivity index (χ3n) is 1.75. The zero-order valence-corrected chi connectivity index (χ0v) is 11.6. The largest absolute Gasteiger partial charge is 0.474 e. The van der Waals surface area contributed by atoms with Crippen molar-refractivity contribution >= 4 is 11.6 Å². The Labute approximate surface area is 109 Å². The van der Waals surface area contributed by atoms with Crippen molar-refractivity contribution in [1.29, 1.82) is 0 Å². The third-order valence-corrected chi connectivity index (χ3v) is 1.75. The highest BCUT2D eigenvalue weighted by atomic mass is 16.5. The number of rotatable bonds is 7. The molecule has 0 unspecified atom stereocenters. The van der Waals surface area contributed by atoms with E-state index in [1.54, 1.807) is 13.0 Å². The van der Waals surface area contributed by atoms with Gasteiger partial charge >= 0.3 is 0 Å². The lowest BCUT2D eigenvalue weighted by Gasteiger charge is -2.23. The van der Waals surface area contributed by atoms with Gasteiger partial charge in [-0.1, -0.05) is 6.08 Å². The van der Waals surface area contributed by atoms with Crippen molar-refractivity contribution in [3.63, 3.8) is 0 Å². The maximum atomic E-state index is 11.5. The molecule has 0 bridgehead atoms. The first-order valence-corrected chi connectivity index (χ1v) is 5.85. The van der Waals surface area contributed by atoms with Crippen molar-refractivity contribution in [3.8, 4) is 0 Å². The van der Waals surface area contributed by atoms with E-state index < -0.39 is 0 Å². The van der Waals surface area contributed by atoms with E-state index in [4.69, 9.17) is 10.5 Å². The fraction of sp³-hybridized carbons (Fsp3) is 0.538. The first-order valence-electron chi connectivity index (χ1n) is 5.85. The molecule has 0 saturated carbocycles. The number of allylic oxidation sites excluding steroid dienone is 1. The van der Waals surface area contributed by atoms with Crippen LogP contribution in [0, 0.1) is 0 Å². The Morgan fingerprint density at radius 1 is 1.50 bits per heavy atom. The van der Waals surface area contributed by atoms with Crippen LogP contribution in [-0.4, -0.2) is 23.8 Å². The van der Waals surface area contributed by atoms with Crippen LogP contribution in [-0.2, 0) is 9.53 Å². The lowest BCUT2D eigenvalue weighted by Crippen LogP contribution is -2.29. The molecule has 3 N–H and O–H groups in total. The molecule has 0 atom stereocenters. The monoisotopic (exact) mass is 253 g/mol. The number of nitrogens with two attached hydrogens (primary N) is 1. The lowest BCUT2D eigenvalue weighted by atomic mass is 10.2. The fourth-order valence-electron chi connectivity index (χ4n) is 1.08. The molecule has 0 radical (unpaired) electrons. The van der Waals surface area contributed by atoms with Gasteiger partial charge in [0.25, 0.3) is 0 Å². The van der Waals surface area contributed by atoms with E-state index in [1.165, 1.54) is 6.20 Å². The van der Waals surface area contributed by atoms with Crippen LogP contribution in [0.3, 0.4) is 0 Å². The van der Waals surface area contributed by atoms with E-state index in [0.717, 1.165) is 0 Å². The minimum absolute atomic E-state index is 0.0113. The number of Topliss-reactive ketones (excluding diaryl/α,β-unsaturated/α-hetero) is 1. The second-order valence-electron chi connectivity index (χ2n) is 4.73. The second-order valence-corrected chi connectivity index (χ2v) is 4.73. The average molecular weight is 253 g/mol. The molecule has 0 rings (SSSR count). The normalized spacial score (nSPS) is 12.6. The number of amidine groups is 1. The van der Waals surface area contributed by atoms with Crippen molar-refractivity contribution in [3.05, 3.63) is 24.7 Å². The number of nitrogens with one attached hydrogen (secondary N) is 1. The molecule has 0 heterocycles. The van der Waals surface area contributed by atoms with E-state index in [-0.39, 0.29) is 23.6 Å². The van der Waals surface area contributed by atoms with Crippen LogP contribution in [0.15, 0.2) is 29.7 Å². The molecule has 0 fully saturated rings. The van der Waals surface area contributed by atoms with Crippen molar-refractivity contribution in [2.45, 2.75) is 39.7 Å². The van der Waals surface area contributed by atoms with Gasteiger partial charge in [-0.2, -0.15) is 0 Å². The summed E-state index contributed by atoms with van der Waals surface area (Å²) in [7, 11) is 0. The van der Waals surface area contributed by atoms with Gasteiger partial charge in [0, 0.05) is 19.2 Å². The van der Waals surface area contributed by atoms with Crippen LogP contribution in [0.4, 0.5) is 0 Å². The van der Waals surface area contributed by atoms with E-state index in [2.05, 4.69) is 16.9 Å². The zero-order chi connectivity index (χ0) is 14.2. The van der Waals surface area contributed by atoms with Gasteiger partial charge in [0.2, 0.25) is 0 Å². The van der Waals surface area contributed by atoms with Crippen molar-refractivity contribution < 1.29 is 9.53 Å². The molecule has 5 heteroatoms. The highest BCUT2D eigenvalue weighted by molar-refractivity contribution is 6.38. The van der Waals surface area contributed by atoms with Crippen LogP contribution >= 0.6 is 0 Å². The van der Waals surface area contributed by atoms with Gasteiger partial charge in [-0.05, 0) is 34.3 Å².